The summed E-state index contributed by atoms with van der Waals surface area (Å²) in [5, 5.41) is 1.02. The maximum atomic E-state index is 5.99. The van der Waals surface area contributed by atoms with Crippen LogP contribution in [0, 0.1) is 0 Å². The van der Waals surface area contributed by atoms with Gasteiger partial charge in [-0.1, -0.05) is 6.07 Å². The third-order valence-corrected chi connectivity index (χ3v) is 3.45. The number of pyridine rings is 1. The van der Waals surface area contributed by atoms with Crippen LogP contribution < -0.4 is 10.5 Å². The van der Waals surface area contributed by atoms with Gasteiger partial charge in [-0.05, 0) is 24.3 Å². The molecule has 3 rings (SSSR count). The molecular weight excluding hydrogens is 228 g/mol. The fourth-order valence-electron chi connectivity index (χ4n) is 2.40. The summed E-state index contributed by atoms with van der Waals surface area (Å²) in [7, 11) is 1.67. The molecule has 18 heavy (non-hydrogen) atoms. The minimum atomic E-state index is -0.0167. The first kappa shape index (κ1) is 11.4. The molecular formula is C14H16N2O2. The number of hydrogen-bond donors (Lipinski definition) is 1. The Morgan fingerprint density at radius 1 is 1.28 bits per heavy atom. The van der Waals surface area contributed by atoms with E-state index >= 15 is 0 Å². The number of ether oxygens (including phenoxy) is 2. The Morgan fingerprint density at radius 3 is 2.94 bits per heavy atom. The first-order chi connectivity index (χ1) is 8.79. The zero-order valence-corrected chi connectivity index (χ0v) is 10.2. The molecule has 1 saturated carbocycles. The number of fused-ring (bicyclic) bond motifs is 1. The summed E-state index contributed by atoms with van der Waals surface area (Å²) in [6.07, 6.45) is 2.63. The van der Waals surface area contributed by atoms with Crippen molar-refractivity contribution in [1.29, 1.82) is 0 Å². The van der Waals surface area contributed by atoms with Gasteiger partial charge in [-0.2, -0.15) is 0 Å². The third-order valence-electron chi connectivity index (χ3n) is 3.45. The lowest BCUT2D eigenvalue weighted by molar-refractivity contribution is -0.0776. The Morgan fingerprint density at radius 2 is 2.17 bits per heavy atom. The lowest BCUT2D eigenvalue weighted by Gasteiger charge is -2.41. The van der Waals surface area contributed by atoms with E-state index in [0.717, 1.165) is 23.1 Å². The van der Waals surface area contributed by atoms with E-state index in [4.69, 9.17) is 15.2 Å². The van der Waals surface area contributed by atoms with Gasteiger partial charge in [-0.3, -0.25) is 4.98 Å². The van der Waals surface area contributed by atoms with Crippen molar-refractivity contribution in [1.82, 2.24) is 4.98 Å². The minimum Gasteiger partial charge on any atom is -0.487 e. The van der Waals surface area contributed by atoms with Gasteiger partial charge in [-0.25, -0.2) is 0 Å². The van der Waals surface area contributed by atoms with Crippen molar-refractivity contribution >= 4 is 10.9 Å². The zero-order chi connectivity index (χ0) is 12.5. The Balaban J connectivity index is 1.87. The van der Waals surface area contributed by atoms with Gasteiger partial charge in [0.1, 0.15) is 18.0 Å². The average Bonchev–Trinajstić information content (AvgIpc) is 2.39. The molecule has 1 aromatic heterocycles. The SMILES string of the molecule is COC1C(N)CC1Oc1cccc2ncccc12. The Labute approximate surface area is 106 Å². The second-order valence-corrected chi connectivity index (χ2v) is 4.58. The predicted octanol–water partition coefficient (Wildman–Crippen LogP) is 1.73. The van der Waals surface area contributed by atoms with Gasteiger partial charge in [0.25, 0.3) is 0 Å². The molecule has 3 atom stereocenters. The monoisotopic (exact) mass is 244 g/mol. The summed E-state index contributed by atoms with van der Waals surface area (Å²) in [5.74, 6) is 0.847. The Bertz CT molecular complexity index is 553. The van der Waals surface area contributed by atoms with E-state index in [2.05, 4.69) is 4.98 Å². The molecule has 3 unspecified atom stereocenters. The van der Waals surface area contributed by atoms with E-state index in [1.54, 1.807) is 13.3 Å². The molecule has 94 valence electrons. The van der Waals surface area contributed by atoms with E-state index in [-0.39, 0.29) is 18.2 Å². The number of methoxy groups -OCH3 is 1. The van der Waals surface area contributed by atoms with Crippen LogP contribution >= 0.6 is 0 Å². The molecule has 0 saturated heterocycles. The molecule has 2 N–H and O–H groups in total. The van der Waals surface area contributed by atoms with Crippen LogP contribution in [0.3, 0.4) is 0 Å². The zero-order valence-electron chi connectivity index (χ0n) is 10.2. The molecule has 0 aliphatic heterocycles. The van der Waals surface area contributed by atoms with Crippen LogP contribution in [-0.4, -0.2) is 30.3 Å². The van der Waals surface area contributed by atoms with E-state index in [0.29, 0.717) is 0 Å². The summed E-state index contributed by atoms with van der Waals surface area (Å²) < 4.78 is 11.3. The van der Waals surface area contributed by atoms with Gasteiger partial charge in [0, 0.05) is 31.2 Å². The first-order valence-corrected chi connectivity index (χ1v) is 6.08. The van der Waals surface area contributed by atoms with Crippen molar-refractivity contribution in [3.05, 3.63) is 36.5 Å². The van der Waals surface area contributed by atoms with E-state index in [1.165, 1.54) is 0 Å². The van der Waals surface area contributed by atoms with E-state index < -0.39 is 0 Å². The Kier molecular flexibility index (Phi) is 2.89. The van der Waals surface area contributed by atoms with Crippen LogP contribution in [0.1, 0.15) is 6.42 Å². The topological polar surface area (TPSA) is 57.4 Å². The van der Waals surface area contributed by atoms with Gasteiger partial charge >= 0.3 is 0 Å². The van der Waals surface area contributed by atoms with Gasteiger partial charge in [0.15, 0.2) is 0 Å². The number of nitrogens with two attached hydrogens (primary N) is 1. The van der Waals surface area contributed by atoms with Crippen LogP contribution in [0.25, 0.3) is 10.9 Å². The minimum absolute atomic E-state index is 0.0167. The van der Waals surface area contributed by atoms with Crippen LogP contribution in [-0.2, 0) is 4.74 Å². The van der Waals surface area contributed by atoms with Crippen molar-refractivity contribution in [2.24, 2.45) is 5.73 Å². The fourth-order valence-corrected chi connectivity index (χ4v) is 2.40. The van der Waals surface area contributed by atoms with Crippen LogP contribution in [0.2, 0.25) is 0 Å². The number of nitrogens with zero attached hydrogens (tertiary/aromatic N) is 1. The molecule has 0 radical (unpaired) electrons. The molecule has 4 nitrogen and oxygen atoms in total. The van der Waals surface area contributed by atoms with Gasteiger partial charge < -0.3 is 15.2 Å². The molecule has 0 spiro atoms. The van der Waals surface area contributed by atoms with Gasteiger partial charge in [-0.15, -0.1) is 0 Å². The number of aromatic nitrogens is 1. The van der Waals surface area contributed by atoms with Crippen LogP contribution in [0.4, 0.5) is 0 Å². The molecule has 4 heteroatoms. The van der Waals surface area contributed by atoms with Crippen molar-refractivity contribution in [2.45, 2.75) is 24.7 Å². The smallest absolute Gasteiger partial charge is 0.129 e. The second-order valence-electron chi connectivity index (χ2n) is 4.58. The quantitative estimate of drug-likeness (QED) is 0.893. The highest BCUT2D eigenvalue weighted by Crippen LogP contribution is 2.31. The summed E-state index contributed by atoms with van der Waals surface area (Å²) >= 11 is 0. The summed E-state index contributed by atoms with van der Waals surface area (Å²) in [6.45, 7) is 0. The molecule has 0 bridgehead atoms. The average molecular weight is 244 g/mol. The maximum absolute atomic E-state index is 5.99. The fraction of sp³-hybridized carbons (Fsp3) is 0.357. The third kappa shape index (κ3) is 1.83. The standard InChI is InChI=1S/C14H16N2O2/c1-17-14-10(15)8-13(14)18-12-6-2-5-11-9(12)4-3-7-16-11/h2-7,10,13-14H,8,15H2,1H3. The molecule has 2 aromatic rings. The van der Waals surface area contributed by atoms with E-state index in [9.17, 15) is 0 Å². The van der Waals surface area contributed by atoms with Crippen molar-refractivity contribution in [3.63, 3.8) is 0 Å². The van der Waals surface area contributed by atoms with Crippen molar-refractivity contribution in [3.8, 4) is 5.75 Å². The summed E-state index contributed by atoms with van der Waals surface area (Å²) in [4.78, 5) is 4.31. The molecule has 0 amide bonds. The highest BCUT2D eigenvalue weighted by Gasteiger charge is 2.41. The normalized spacial score (nSPS) is 26.9. The van der Waals surface area contributed by atoms with Gasteiger partial charge in [0.05, 0.1) is 5.52 Å². The predicted molar refractivity (Wildman–Crippen MR) is 69.5 cm³/mol. The highest BCUT2D eigenvalue weighted by molar-refractivity contribution is 5.84. The molecule has 1 fully saturated rings. The van der Waals surface area contributed by atoms with Crippen LogP contribution in [0.5, 0.6) is 5.75 Å². The van der Waals surface area contributed by atoms with Crippen molar-refractivity contribution in [2.75, 3.05) is 7.11 Å². The molecule has 1 aliphatic carbocycles. The lowest BCUT2D eigenvalue weighted by atomic mass is 9.86. The molecule has 1 aliphatic rings. The molecule has 1 aromatic carbocycles. The highest BCUT2D eigenvalue weighted by atomic mass is 16.5. The van der Waals surface area contributed by atoms with E-state index in [1.807, 2.05) is 30.3 Å². The van der Waals surface area contributed by atoms with Crippen LogP contribution in [0.15, 0.2) is 36.5 Å². The lowest BCUT2D eigenvalue weighted by Crippen LogP contribution is -2.59. The summed E-state index contributed by atoms with van der Waals surface area (Å²) in [5.41, 5.74) is 6.81. The first-order valence-electron chi connectivity index (χ1n) is 6.08. The Hall–Kier alpha value is -1.65. The largest absolute Gasteiger partial charge is 0.487 e. The second kappa shape index (κ2) is 4.55. The number of hydrogen-bond acceptors (Lipinski definition) is 4. The number of rotatable bonds is 3. The van der Waals surface area contributed by atoms with Gasteiger partial charge in [0.2, 0.25) is 0 Å². The summed E-state index contributed by atoms with van der Waals surface area (Å²) in [6, 6.07) is 9.88. The van der Waals surface area contributed by atoms with Crippen molar-refractivity contribution < 1.29 is 9.47 Å². The number of benzene rings is 1. The molecule has 1 heterocycles. The maximum Gasteiger partial charge on any atom is 0.129 e.